The molecule has 1 rings (SSSR count). The van der Waals surface area contributed by atoms with E-state index in [4.69, 9.17) is 14.6 Å². The Hall–Kier alpha value is -2.41. The van der Waals surface area contributed by atoms with E-state index in [1.54, 1.807) is 0 Å². The molecule has 0 aliphatic carbocycles. The molecule has 1 amide bonds. The second kappa shape index (κ2) is 7.25. The van der Waals surface area contributed by atoms with Crippen LogP contribution in [-0.4, -0.2) is 36.1 Å². The molecule has 108 valence electrons. The van der Waals surface area contributed by atoms with Gasteiger partial charge in [0, 0.05) is 32.0 Å². The van der Waals surface area contributed by atoms with Crippen LogP contribution in [-0.2, 0) is 9.59 Å². The van der Waals surface area contributed by atoms with Crippen LogP contribution in [0.4, 0.5) is 0 Å². The van der Waals surface area contributed by atoms with Crippen molar-refractivity contribution < 1.29 is 29.0 Å². The summed E-state index contributed by atoms with van der Waals surface area (Å²) in [4.78, 5) is 33.6. The molecule has 0 bridgehead atoms. The monoisotopic (exact) mass is 281 g/mol. The molecule has 0 radical (unpaired) electrons. The third-order valence-corrected chi connectivity index (χ3v) is 2.06. The van der Waals surface area contributed by atoms with Gasteiger partial charge in [-0.15, -0.1) is 0 Å². The van der Waals surface area contributed by atoms with Crippen molar-refractivity contribution in [2.75, 3.05) is 13.2 Å². The van der Waals surface area contributed by atoms with Gasteiger partial charge in [-0.25, -0.2) is 0 Å². The van der Waals surface area contributed by atoms with Gasteiger partial charge in [0.15, 0.2) is 0 Å². The van der Waals surface area contributed by atoms with E-state index in [0.29, 0.717) is 0 Å². The fourth-order valence-electron chi connectivity index (χ4n) is 1.42. The number of hydrogen-bond donors (Lipinski definition) is 2. The minimum absolute atomic E-state index is 0.0829. The fourth-order valence-corrected chi connectivity index (χ4v) is 1.42. The predicted octanol–water partition coefficient (Wildman–Crippen LogP) is 0.259. The summed E-state index contributed by atoms with van der Waals surface area (Å²) in [6.07, 6.45) is 0. The van der Waals surface area contributed by atoms with E-state index in [9.17, 15) is 14.4 Å². The average molecular weight is 281 g/mol. The van der Waals surface area contributed by atoms with Gasteiger partial charge < -0.3 is 19.9 Å². The van der Waals surface area contributed by atoms with Gasteiger partial charge in [0.2, 0.25) is 0 Å². The first kappa shape index (κ1) is 15.6. The first-order valence-electron chi connectivity index (χ1n) is 5.83. The zero-order chi connectivity index (χ0) is 15.1. The van der Waals surface area contributed by atoms with E-state index in [1.807, 2.05) is 0 Å². The summed E-state index contributed by atoms with van der Waals surface area (Å²) in [5, 5.41) is 11.1. The van der Waals surface area contributed by atoms with Crippen LogP contribution in [0.15, 0.2) is 18.2 Å². The lowest BCUT2D eigenvalue weighted by Gasteiger charge is -2.09. The first-order chi connectivity index (χ1) is 9.42. The molecule has 1 aromatic rings. The molecular weight excluding hydrogens is 266 g/mol. The fraction of sp³-hybridized carbons (Fsp3) is 0.308. The lowest BCUT2D eigenvalue weighted by atomic mass is 10.2. The summed E-state index contributed by atoms with van der Waals surface area (Å²) in [6, 6.07) is 3.99. The number of esters is 2. The van der Waals surface area contributed by atoms with E-state index in [0.717, 1.165) is 0 Å². The zero-order valence-electron chi connectivity index (χ0n) is 11.1. The van der Waals surface area contributed by atoms with E-state index < -0.39 is 17.8 Å². The van der Waals surface area contributed by atoms with Gasteiger partial charge in [0.05, 0.1) is 6.61 Å². The molecular formula is C13H15NO6. The Morgan fingerprint density at radius 1 is 1.05 bits per heavy atom. The highest BCUT2D eigenvalue weighted by atomic mass is 16.5. The van der Waals surface area contributed by atoms with Gasteiger partial charge in [0.25, 0.3) is 5.91 Å². The standard InChI is InChI=1S/C13H15NO6/c1-8(16)19-11-5-10(13(18)14-3-4-15)6-12(7-11)20-9(2)17/h5-7,15H,3-4H2,1-2H3,(H,14,18). The Bertz CT molecular complexity index is 491. The van der Waals surface area contributed by atoms with Crippen molar-refractivity contribution in [2.24, 2.45) is 0 Å². The van der Waals surface area contributed by atoms with Gasteiger partial charge in [0.1, 0.15) is 11.5 Å². The smallest absolute Gasteiger partial charge is 0.308 e. The number of carbonyl (C=O) groups is 3. The number of aliphatic hydroxyl groups is 1. The summed E-state index contributed by atoms with van der Waals surface area (Å²) < 4.78 is 9.74. The second-order valence-corrected chi connectivity index (χ2v) is 3.86. The molecule has 2 N–H and O–H groups in total. The van der Waals surface area contributed by atoms with Crippen LogP contribution in [0.2, 0.25) is 0 Å². The summed E-state index contributed by atoms with van der Waals surface area (Å²) >= 11 is 0. The first-order valence-corrected chi connectivity index (χ1v) is 5.83. The predicted molar refractivity (Wildman–Crippen MR) is 68.5 cm³/mol. The molecule has 0 aliphatic heterocycles. The summed E-state index contributed by atoms with van der Waals surface area (Å²) in [5.41, 5.74) is 0.147. The number of ether oxygens (including phenoxy) is 2. The van der Waals surface area contributed by atoms with Crippen molar-refractivity contribution in [1.29, 1.82) is 0 Å². The highest BCUT2D eigenvalue weighted by Crippen LogP contribution is 2.23. The lowest BCUT2D eigenvalue weighted by molar-refractivity contribution is -0.132. The largest absolute Gasteiger partial charge is 0.427 e. The van der Waals surface area contributed by atoms with Crippen molar-refractivity contribution in [3.05, 3.63) is 23.8 Å². The van der Waals surface area contributed by atoms with Crippen LogP contribution >= 0.6 is 0 Å². The lowest BCUT2D eigenvalue weighted by Crippen LogP contribution is -2.26. The Balaban J connectivity index is 3.05. The minimum Gasteiger partial charge on any atom is -0.427 e. The van der Waals surface area contributed by atoms with Crippen LogP contribution < -0.4 is 14.8 Å². The third-order valence-electron chi connectivity index (χ3n) is 2.06. The van der Waals surface area contributed by atoms with Crippen LogP contribution in [0.3, 0.4) is 0 Å². The number of rotatable bonds is 5. The molecule has 0 fully saturated rings. The maximum atomic E-state index is 11.8. The third kappa shape index (κ3) is 5.07. The van der Waals surface area contributed by atoms with Gasteiger partial charge in [-0.2, -0.15) is 0 Å². The molecule has 0 unspecified atom stereocenters. The number of hydrogen-bond acceptors (Lipinski definition) is 6. The van der Waals surface area contributed by atoms with Crippen LogP contribution in [0.1, 0.15) is 24.2 Å². The molecule has 0 heterocycles. The van der Waals surface area contributed by atoms with Crippen LogP contribution in [0, 0.1) is 0 Å². The number of carbonyl (C=O) groups excluding carboxylic acids is 3. The average Bonchev–Trinajstić information content (AvgIpc) is 2.33. The summed E-state index contributed by atoms with van der Waals surface area (Å²) in [7, 11) is 0. The van der Waals surface area contributed by atoms with E-state index in [2.05, 4.69) is 5.32 Å². The molecule has 20 heavy (non-hydrogen) atoms. The van der Waals surface area contributed by atoms with E-state index in [-0.39, 0.29) is 30.2 Å². The molecule has 0 aromatic heterocycles. The number of nitrogens with one attached hydrogen (secondary N) is 1. The molecule has 0 saturated heterocycles. The Morgan fingerprint density at radius 3 is 1.95 bits per heavy atom. The maximum Gasteiger partial charge on any atom is 0.308 e. The number of amides is 1. The van der Waals surface area contributed by atoms with Crippen molar-refractivity contribution in [3.8, 4) is 11.5 Å². The van der Waals surface area contributed by atoms with Gasteiger partial charge in [-0.05, 0) is 12.1 Å². The molecule has 0 atom stereocenters. The van der Waals surface area contributed by atoms with Crippen LogP contribution in [0.5, 0.6) is 11.5 Å². The Kier molecular flexibility index (Phi) is 5.67. The van der Waals surface area contributed by atoms with Crippen LogP contribution in [0.25, 0.3) is 0 Å². The normalized spacial score (nSPS) is 9.75. The second-order valence-electron chi connectivity index (χ2n) is 3.86. The molecule has 0 spiro atoms. The number of benzene rings is 1. The van der Waals surface area contributed by atoms with Crippen molar-refractivity contribution >= 4 is 17.8 Å². The molecule has 7 heteroatoms. The quantitative estimate of drug-likeness (QED) is 0.593. The van der Waals surface area contributed by atoms with Gasteiger partial charge in [-0.1, -0.05) is 0 Å². The molecule has 0 saturated carbocycles. The summed E-state index contributed by atoms with van der Waals surface area (Å²) in [5.74, 6) is -1.43. The highest BCUT2D eigenvalue weighted by molar-refractivity contribution is 5.95. The Labute approximate surface area is 115 Å². The SMILES string of the molecule is CC(=O)Oc1cc(OC(C)=O)cc(C(=O)NCCO)c1. The van der Waals surface area contributed by atoms with E-state index >= 15 is 0 Å². The molecule has 7 nitrogen and oxygen atoms in total. The minimum atomic E-state index is -0.563. The molecule has 1 aromatic carbocycles. The Morgan fingerprint density at radius 2 is 1.55 bits per heavy atom. The van der Waals surface area contributed by atoms with Gasteiger partial charge in [-0.3, -0.25) is 14.4 Å². The van der Waals surface area contributed by atoms with Crippen molar-refractivity contribution in [3.63, 3.8) is 0 Å². The van der Waals surface area contributed by atoms with Gasteiger partial charge >= 0.3 is 11.9 Å². The van der Waals surface area contributed by atoms with Crippen molar-refractivity contribution in [2.45, 2.75) is 13.8 Å². The highest BCUT2D eigenvalue weighted by Gasteiger charge is 2.12. The summed E-state index contributed by atoms with van der Waals surface area (Å²) in [6.45, 7) is 2.31. The van der Waals surface area contributed by atoms with Crippen molar-refractivity contribution in [1.82, 2.24) is 5.32 Å². The zero-order valence-corrected chi connectivity index (χ0v) is 11.1. The topological polar surface area (TPSA) is 102 Å². The molecule has 0 aliphatic rings. The number of aliphatic hydroxyl groups excluding tert-OH is 1. The maximum absolute atomic E-state index is 11.8. The van der Waals surface area contributed by atoms with E-state index in [1.165, 1.54) is 32.0 Å².